The molecule has 1 aromatic heterocycles. The Morgan fingerprint density at radius 3 is 1.46 bits per heavy atom. The zero-order valence-electron chi connectivity index (χ0n) is 41.7. The van der Waals surface area contributed by atoms with Gasteiger partial charge in [-0.25, -0.2) is 13.9 Å². The molecule has 0 spiro atoms. The van der Waals surface area contributed by atoms with Crippen LogP contribution in [-0.4, -0.2) is 39.1 Å². The van der Waals surface area contributed by atoms with Gasteiger partial charge >= 0.3 is 33.3 Å². The number of nitrogens with one attached hydrogen (secondary N) is 1. The van der Waals surface area contributed by atoms with Crippen LogP contribution in [-0.2, 0) is 54.6 Å². The van der Waals surface area contributed by atoms with Gasteiger partial charge in [-0.15, -0.1) is 0 Å². The molecule has 70 heavy (non-hydrogen) atoms. The Labute approximate surface area is 414 Å². The number of benzene rings is 2. The van der Waals surface area contributed by atoms with Crippen molar-refractivity contribution in [2.24, 2.45) is 0 Å². The topological polar surface area (TPSA) is 208 Å². The van der Waals surface area contributed by atoms with Crippen molar-refractivity contribution in [1.29, 1.82) is 0 Å². The molecular weight excluding hydrogens is 939 g/mol. The van der Waals surface area contributed by atoms with E-state index in [-0.39, 0.29) is 17.5 Å². The number of hydrogen-bond acceptors (Lipinski definition) is 13. The van der Waals surface area contributed by atoms with Crippen molar-refractivity contribution in [2.75, 3.05) is 6.61 Å². The standard InChI is InChI=1S/C52H78N2O14P2/c1-4-6-8-10-12-14-16-18-20-22-24-26-49(55)66-45-32-28-43(29-33-45)39-63-70(61,68-69(59,60)62-41-47-36-37-48(65-47)54-38-42(3)51(57)53-52(54)58)64-40-44-30-34-46(35-31-44)67-50(56)27-25-23-21-19-17-15-13-11-9-7-5-2/h28-38,47-48H,4-27,39-41H2,1-3H3,(H,59,60)(H,53,57,58)/t47-,48+/m0/s1. The van der Waals surface area contributed by atoms with Crippen molar-refractivity contribution >= 4 is 27.6 Å². The van der Waals surface area contributed by atoms with Crippen LogP contribution in [0.2, 0.25) is 0 Å². The summed E-state index contributed by atoms with van der Waals surface area (Å²) in [6, 6.07) is 12.5. The molecule has 0 saturated heterocycles. The van der Waals surface area contributed by atoms with E-state index in [2.05, 4.69) is 18.8 Å². The van der Waals surface area contributed by atoms with Gasteiger partial charge in [-0.05, 0) is 61.2 Å². The highest BCUT2D eigenvalue weighted by molar-refractivity contribution is 7.61. The molecular formula is C52H78N2O14P2. The fourth-order valence-corrected chi connectivity index (χ4v) is 10.4. The quantitative estimate of drug-likeness (QED) is 0.0180. The van der Waals surface area contributed by atoms with Gasteiger partial charge in [0.05, 0.1) is 19.8 Å². The third-order valence-corrected chi connectivity index (χ3v) is 14.9. The number of aryl methyl sites for hydroxylation is 1. The number of phosphoric ester groups is 2. The van der Waals surface area contributed by atoms with Crippen LogP contribution < -0.4 is 20.7 Å². The molecule has 3 atom stereocenters. The molecule has 1 aliphatic rings. The molecule has 2 N–H and O–H groups in total. The second kappa shape index (κ2) is 32.9. The zero-order valence-corrected chi connectivity index (χ0v) is 43.5. The molecule has 0 aliphatic carbocycles. The van der Waals surface area contributed by atoms with Crippen LogP contribution in [0.3, 0.4) is 0 Å². The Balaban J connectivity index is 1.26. The van der Waals surface area contributed by atoms with E-state index in [1.54, 1.807) is 48.5 Å². The SMILES string of the molecule is CCCCCCCCCCCCCC(=O)Oc1ccc(COP(=O)(OCc2ccc(OC(=O)CCCCCCCCCCCCC)cc2)OP(=O)(O)OC[C@@H]2C=C[C@H](n3cc(C)c(=O)[nH]c3=O)O2)cc1. The van der Waals surface area contributed by atoms with Crippen molar-refractivity contribution < 1.29 is 55.7 Å². The number of aromatic nitrogens is 2. The Morgan fingerprint density at radius 2 is 1.03 bits per heavy atom. The highest BCUT2D eigenvalue weighted by atomic mass is 31.3. The van der Waals surface area contributed by atoms with Gasteiger partial charge in [0, 0.05) is 24.6 Å². The number of ether oxygens (including phenoxy) is 3. The van der Waals surface area contributed by atoms with E-state index in [0.717, 1.165) is 43.1 Å². The van der Waals surface area contributed by atoms with Crippen molar-refractivity contribution in [1.82, 2.24) is 9.55 Å². The lowest BCUT2D eigenvalue weighted by Gasteiger charge is -2.22. The van der Waals surface area contributed by atoms with Crippen LogP contribution in [0.1, 0.15) is 191 Å². The van der Waals surface area contributed by atoms with E-state index >= 15 is 0 Å². The van der Waals surface area contributed by atoms with Gasteiger partial charge in [0.2, 0.25) is 0 Å². The average Bonchev–Trinajstić information content (AvgIpc) is 3.81. The van der Waals surface area contributed by atoms with Crippen LogP contribution in [0.15, 0.2) is 76.5 Å². The summed E-state index contributed by atoms with van der Waals surface area (Å²) >= 11 is 0. The molecule has 0 fully saturated rings. The van der Waals surface area contributed by atoms with E-state index in [1.165, 1.54) is 128 Å². The maximum Gasteiger partial charge on any atom is 0.484 e. The Hall–Kier alpha value is -3.98. The highest BCUT2D eigenvalue weighted by Gasteiger charge is 2.39. The maximum absolute atomic E-state index is 14.1. The first kappa shape index (κ1) is 58.6. The van der Waals surface area contributed by atoms with E-state index in [4.69, 9.17) is 32.1 Å². The Morgan fingerprint density at radius 1 is 0.614 bits per heavy atom. The van der Waals surface area contributed by atoms with Crippen LogP contribution in [0.25, 0.3) is 0 Å². The Bertz CT molecular complexity index is 2140. The van der Waals surface area contributed by atoms with Crippen molar-refractivity contribution in [3.8, 4) is 11.5 Å². The minimum atomic E-state index is -5.18. The highest BCUT2D eigenvalue weighted by Crippen LogP contribution is 2.64. The zero-order chi connectivity index (χ0) is 50.5. The number of nitrogens with zero attached hydrogens (tertiary/aromatic N) is 1. The maximum atomic E-state index is 14.1. The first-order chi connectivity index (χ1) is 33.8. The van der Waals surface area contributed by atoms with Gasteiger partial charge in [-0.1, -0.05) is 173 Å². The van der Waals surface area contributed by atoms with Crippen molar-refractivity contribution in [3.05, 3.63) is 104 Å². The number of aromatic amines is 1. The fourth-order valence-electron chi connectivity index (χ4n) is 7.77. The Kier molecular flexibility index (Phi) is 27.5. The number of hydrogen-bond donors (Lipinski definition) is 2. The van der Waals surface area contributed by atoms with Crippen LogP contribution in [0.4, 0.5) is 0 Å². The molecule has 0 radical (unpaired) electrons. The van der Waals surface area contributed by atoms with E-state index in [0.29, 0.717) is 35.5 Å². The van der Waals surface area contributed by atoms with Gasteiger partial charge < -0.3 is 19.1 Å². The second-order valence-electron chi connectivity index (χ2n) is 18.1. The number of esters is 2. The summed E-state index contributed by atoms with van der Waals surface area (Å²) < 4.78 is 66.7. The van der Waals surface area contributed by atoms with E-state index < -0.39 is 59.0 Å². The van der Waals surface area contributed by atoms with Gasteiger partial charge in [0.1, 0.15) is 17.6 Å². The minimum Gasteiger partial charge on any atom is -0.427 e. The summed E-state index contributed by atoms with van der Waals surface area (Å²) in [4.78, 5) is 62.2. The summed E-state index contributed by atoms with van der Waals surface area (Å²) in [5.41, 5.74) is -0.0770. The fraction of sp³-hybridized carbons (Fsp3) is 0.615. The second-order valence-corrected chi connectivity index (χ2v) is 21.3. The molecule has 0 amide bonds. The third-order valence-electron chi connectivity index (χ3n) is 11.9. The molecule has 2 heterocycles. The normalized spacial score (nSPS) is 15.5. The van der Waals surface area contributed by atoms with Gasteiger partial charge in [0.15, 0.2) is 6.23 Å². The van der Waals surface area contributed by atoms with Gasteiger partial charge in [-0.2, -0.15) is 4.31 Å². The van der Waals surface area contributed by atoms with Crippen molar-refractivity contribution in [3.63, 3.8) is 0 Å². The lowest BCUT2D eigenvalue weighted by Crippen LogP contribution is -2.33. The minimum absolute atomic E-state index is 0.272. The molecule has 2 aromatic carbocycles. The summed E-state index contributed by atoms with van der Waals surface area (Å²) in [6.45, 7) is 4.61. The summed E-state index contributed by atoms with van der Waals surface area (Å²) in [5, 5.41) is 0. The largest absolute Gasteiger partial charge is 0.484 e. The molecule has 0 saturated carbocycles. The monoisotopic (exact) mass is 1020 g/mol. The summed E-state index contributed by atoms with van der Waals surface area (Å²) in [6.07, 6.45) is 28.9. The lowest BCUT2D eigenvalue weighted by atomic mass is 10.1. The van der Waals surface area contributed by atoms with Crippen LogP contribution >= 0.6 is 15.6 Å². The number of rotatable bonds is 38. The van der Waals surface area contributed by atoms with E-state index in [9.17, 15) is 33.2 Å². The number of carbonyl (C=O) groups is 2. The van der Waals surface area contributed by atoms with Crippen molar-refractivity contribution in [2.45, 2.75) is 200 Å². The van der Waals surface area contributed by atoms with Gasteiger partial charge in [-0.3, -0.25) is 37.5 Å². The van der Waals surface area contributed by atoms with Crippen LogP contribution in [0, 0.1) is 6.92 Å². The number of H-pyrrole nitrogens is 1. The molecule has 16 nitrogen and oxygen atoms in total. The summed E-state index contributed by atoms with van der Waals surface area (Å²) in [7, 11) is -10.1. The number of phosphoric acid groups is 2. The summed E-state index contributed by atoms with van der Waals surface area (Å²) in [5.74, 6) is -0.0554. The third kappa shape index (κ3) is 24.0. The predicted octanol–water partition coefficient (Wildman–Crippen LogP) is 13.2. The first-order valence-corrected chi connectivity index (χ1v) is 28.6. The number of unbranched alkanes of at least 4 members (excludes halogenated alkanes) is 20. The smallest absolute Gasteiger partial charge is 0.427 e. The van der Waals surface area contributed by atoms with Crippen LogP contribution in [0.5, 0.6) is 11.5 Å². The average molecular weight is 1020 g/mol. The molecule has 390 valence electrons. The molecule has 1 aliphatic heterocycles. The molecule has 4 rings (SSSR count). The van der Waals surface area contributed by atoms with Gasteiger partial charge in [0.25, 0.3) is 5.56 Å². The molecule has 1 unspecified atom stereocenters. The molecule has 18 heteroatoms. The molecule has 3 aromatic rings. The predicted molar refractivity (Wildman–Crippen MR) is 269 cm³/mol. The number of carbonyl (C=O) groups excluding carboxylic acids is 2. The lowest BCUT2D eigenvalue weighted by molar-refractivity contribution is -0.135. The molecule has 0 bridgehead atoms. The van der Waals surface area contributed by atoms with E-state index in [1.807, 2.05) is 0 Å². The first-order valence-electron chi connectivity index (χ1n) is 25.6.